The molecule has 0 bridgehead atoms. The highest BCUT2D eigenvalue weighted by atomic mass is 16.5. The Morgan fingerprint density at radius 1 is 1.03 bits per heavy atom. The largest absolute Gasteiger partial charge is 0.379 e. The highest BCUT2D eigenvalue weighted by Gasteiger charge is 2.38. The molecule has 1 aliphatic carbocycles. The van der Waals surface area contributed by atoms with E-state index in [4.69, 9.17) is 9.47 Å². The maximum Gasteiger partial charge on any atom is 0.191 e. The second-order valence-electron chi connectivity index (χ2n) is 9.11. The van der Waals surface area contributed by atoms with Crippen molar-refractivity contribution >= 4 is 5.96 Å². The van der Waals surface area contributed by atoms with Crippen LogP contribution in [0, 0.1) is 0 Å². The molecule has 2 N–H and O–H groups in total. The van der Waals surface area contributed by atoms with Crippen molar-refractivity contribution in [1.82, 2.24) is 20.4 Å². The van der Waals surface area contributed by atoms with Gasteiger partial charge in [-0.05, 0) is 33.1 Å². The van der Waals surface area contributed by atoms with Crippen molar-refractivity contribution in [2.45, 2.75) is 70.1 Å². The van der Waals surface area contributed by atoms with Gasteiger partial charge in [-0.2, -0.15) is 0 Å². The van der Waals surface area contributed by atoms with Crippen molar-refractivity contribution in [3.05, 3.63) is 0 Å². The third-order valence-corrected chi connectivity index (χ3v) is 6.71. The molecule has 3 fully saturated rings. The second-order valence-corrected chi connectivity index (χ2v) is 9.11. The van der Waals surface area contributed by atoms with Gasteiger partial charge in [0.15, 0.2) is 5.96 Å². The zero-order chi connectivity index (χ0) is 20.5. The molecule has 0 aromatic rings. The highest BCUT2D eigenvalue weighted by Crippen LogP contribution is 2.33. The topological polar surface area (TPSA) is 61.4 Å². The monoisotopic (exact) mass is 409 g/mol. The molecule has 2 heterocycles. The van der Waals surface area contributed by atoms with E-state index >= 15 is 0 Å². The molecule has 3 aliphatic rings. The zero-order valence-electron chi connectivity index (χ0n) is 18.9. The number of hydrogen-bond donors (Lipinski definition) is 2. The van der Waals surface area contributed by atoms with Crippen molar-refractivity contribution in [2.24, 2.45) is 4.99 Å². The molecule has 0 radical (unpaired) electrons. The Balaban J connectivity index is 1.41. The lowest BCUT2D eigenvalue weighted by atomic mass is 9.80. The smallest absolute Gasteiger partial charge is 0.191 e. The summed E-state index contributed by atoms with van der Waals surface area (Å²) < 4.78 is 11.4. The first-order valence-electron chi connectivity index (χ1n) is 11.8. The molecule has 7 heteroatoms. The lowest BCUT2D eigenvalue weighted by Crippen LogP contribution is -2.60. The van der Waals surface area contributed by atoms with Gasteiger partial charge in [0, 0.05) is 58.4 Å². The summed E-state index contributed by atoms with van der Waals surface area (Å²) in [6.45, 7) is 13.3. The fraction of sp³-hybridized carbons (Fsp3) is 0.955. The molecule has 2 atom stereocenters. The molecule has 2 aliphatic heterocycles. The first kappa shape index (κ1) is 22.8. The van der Waals surface area contributed by atoms with Gasteiger partial charge in [-0.1, -0.05) is 19.3 Å². The lowest BCUT2D eigenvalue weighted by Gasteiger charge is -2.48. The van der Waals surface area contributed by atoms with E-state index in [9.17, 15) is 0 Å². The molecule has 2 unspecified atom stereocenters. The summed E-state index contributed by atoms with van der Waals surface area (Å²) in [6, 6.07) is 0. The third-order valence-electron chi connectivity index (χ3n) is 6.71. The number of nitrogens with one attached hydrogen (secondary N) is 2. The summed E-state index contributed by atoms with van der Waals surface area (Å²) in [6.07, 6.45) is 8.41. The van der Waals surface area contributed by atoms with Crippen molar-refractivity contribution in [3.8, 4) is 0 Å². The summed E-state index contributed by atoms with van der Waals surface area (Å²) in [5.74, 6) is 0.937. The fourth-order valence-electron chi connectivity index (χ4n) is 5.30. The minimum atomic E-state index is 0.264. The summed E-state index contributed by atoms with van der Waals surface area (Å²) >= 11 is 0. The van der Waals surface area contributed by atoms with E-state index in [-0.39, 0.29) is 5.54 Å². The molecule has 0 aromatic heterocycles. The Bertz CT molecular complexity index is 493. The van der Waals surface area contributed by atoms with E-state index < -0.39 is 0 Å². The standard InChI is InChI=1S/C22H43N5O2/c1-19-16-26(17-20(2)29-19)11-7-10-24-21(23-3)25-18-22(8-5-4-6-9-22)27-12-14-28-15-13-27/h19-20H,4-18H2,1-3H3,(H2,23,24,25). The van der Waals surface area contributed by atoms with Crippen LogP contribution in [-0.2, 0) is 9.47 Å². The highest BCUT2D eigenvalue weighted by molar-refractivity contribution is 5.79. The van der Waals surface area contributed by atoms with Crippen LogP contribution in [0.4, 0.5) is 0 Å². The van der Waals surface area contributed by atoms with Crippen LogP contribution in [0.25, 0.3) is 0 Å². The van der Waals surface area contributed by atoms with E-state index in [1.54, 1.807) is 0 Å². The summed E-state index contributed by atoms with van der Waals surface area (Å²) in [4.78, 5) is 9.67. The molecule has 0 amide bonds. The molecule has 168 valence electrons. The van der Waals surface area contributed by atoms with Gasteiger partial charge < -0.3 is 20.1 Å². The maximum absolute atomic E-state index is 5.83. The number of ether oxygens (including phenoxy) is 2. The average Bonchev–Trinajstić information content (AvgIpc) is 2.74. The Labute approximate surface area is 177 Å². The van der Waals surface area contributed by atoms with Gasteiger partial charge in [0.05, 0.1) is 25.4 Å². The number of nitrogens with zero attached hydrogens (tertiary/aromatic N) is 3. The molecule has 1 saturated carbocycles. The van der Waals surface area contributed by atoms with Crippen molar-refractivity contribution < 1.29 is 9.47 Å². The van der Waals surface area contributed by atoms with Crippen molar-refractivity contribution in [3.63, 3.8) is 0 Å². The van der Waals surface area contributed by atoms with Crippen LogP contribution in [0.1, 0.15) is 52.4 Å². The van der Waals surface area contributed by atoms with Crippen LogP contribution in [-0.4, -0.2) is 99.6 Å². The van der Waals surface area contributed by atoms with E-state index in [2.05, 4.69) is 39.3 Å². The normalized spacial score (nSPS) is 29.6. The maximum atomic E-state index is 5.83. The number of hydrogen-bond acceptors (Lipinski definition) is 5. The van der Waals surface area contributed by atoms with Gasteiger partial charge in [-0.25, -0.2) is 0 Å². The molecule has 0 spiro atoms. The van der Waals surface area contributed by atoms with Crippen LogP contribution in [0.3, 0.4) is 0 Å². The Kier molecular flexibility index (Phi) is 9.03. The number of aliphatic imine (C=N–C) groups is 1. The van der Waals surface area contributed by atoms with Gasteiger partial charge in [0.1, 0.15) is 0 Å². The number of guanidine groups is 1. The van der Waals surface area contributed by atoms with Crippen LogP contribution in [0.15, 0.2) is 4.99 Å². The fourth-order valence-corrected chi connectivity index (χ4v) is 5.30. The Morgan fingerprint density at radius 3 is 2.38 bits per heavy atom. The predicted molar refractivity (Wildman–Crippen MR) is 119 cm³/mol. The van der Waals surface area contributed by atoms with E-state index in [1.807, 2.05) is 7.05 Å². The molecular weight excluding hydrogens is 366 g/mol. The first-order valence-corrected chi connectivity index (χ1v) is 11.8. The van der Waals surface area contributed by atoms with Gasteiger partial charge in [-0.15, -0.1) is 0 Å². The van der Waals surface area contributed by atoms with Crippen molar-refractivity contribution in [1.29, 1.82) is 0 Å². The third kappa shape index (κ3) is 6.81. The van der Waals surface area contributed by atoms with Gasteiger partial charge in [-0.3, -0.25) is 14.8 Å². The lowest BCUT2D eigenvalue weighted by molar-refractivity contribution is -0.0679. The van der Waals surface area contributed by atoms with Crippen LogP contribution in [0.2, 0.25) is 0 Å². The van der Waals surface area contributed by atoms with E-state index in [0.717, 1.165) is 71.4 Å². The molecule has 0 aromatic carbocycles. The van der Waals surface area contributed by atoms with Gasteiger partial charge in [0.2, 0.25) is 0 Å². The van der Waals surface area contributed by atoms with Gasteiger partial charge in [0.25, 0.3) is 0 Å². The zero-order valence-corrected chi connectivity index (χ0v) is 18.9. The minimum Gasteiger partial charge on any atom is -0.379 e. The van der Waals surface area contributed by atoms with Crippen LogP contribution < -0.4 is 10.6 Å². The SMILES string of the molecule is CN=C(NCCCN1CC(C)OC(C)C1)NCC1(N2CCOCC2)CCCCC1. The minimum absolute atomic E-state index is 0.264. The summed E-state index contributed by atoms with van der Waals surface area (Å²) in [5, 5.41) is 7.18. The average molecular weight is 410 g/mol. The number of rotatable bonds is 7. The Morgan fingerprint density at radius 2 is 1.72 bits per heavy atom. The Hall–Kier alpha value is -0.890. The predicted octanol–water partition coefficient (Wildman–Crippen LogP) is 1.69. The van der Waals surface area contributed by atoms with E-state index in [0.29, 0.717) is 12.2 Å². The van der Waals surface area contributed by atoms with Crippen LogP contribution >= 0.6 is 0 Å². The van der Waals surface area contributed by atoms with E-state index in [1.165, 1.54) is 32.1 Å². The summed E-state index contributed by atoms with van der Waals surface area (Å²) in [7, 11) is 1.88. The van der Waals surface area contributed by atoms with Crippen LogP contribution in [0.5, 0.6) is 0 Å². The summed E-state index contributed by atoms with van der Waals surface area (Å²) in [5.41, 5.74) is 0.264. The quantitative estimate of drug-likeness (QED) is 0.379. The molecule has 3 rings (SSSR count). The molecule has 7 nitrogen and oxygen atoms in total. The van der Waals surface area contributed by atoms with Crippen molar-refractivity contribution in [2.75, 3.05) is 66.1 Å². The molecular formula is C22H43N5O2. The second kappa shape index (κ2) is 11.5. The van der Waals surface area contributed by atoms with Gasteiger partial charge >= 0.3 is 0 Å². The number of morpholine rings is 2. The molecule has 2 saturated heterocycles. The molecule has 29 heavy (non-hydrogen) atoms. The first-order chi connectivity index (χ1) is 14.1.